The second-order valence-corrected chi connectivity index (χ2v) is 5.37. The van der Waals surface area contributed by atoms with Gasteiger partial charge in [-0.3, -0.25) is 4.90 Å². The highest BCUT2D eigenvalue weighted by Gasteiger charge is 2.20. The molecule has 2 rings (SSSR count). The molecule has 0 saturated carbocycles. The number of rotatable bonds is 5. The molecule has 1 N–H and O–H groups in total. The maximum absolute atomic E-state index is 4.26. The normalized spacial score (nSPS) is 20.8. The minimum Gasteiger partial charge on any atom is -0.313 e. The first-order chi connectivity index (χ1) is 8.65. The first-order valence-electron chi connectivity index (χ1n) is 6.85. The summed E-state index contributed by atoms with van der Waals surface area (Å²) >= 11 is 0. The summed E-state index contributed by atoms with van der Waals surface area (Å²) < 4.78 is 0. The van der Waals surface area contributed by atoms with Gasteiger partial charge in [0.2, 0.25) is 0 Å². The Morgan fingerprint density at radius 1 is 1.44 bits per heavy atom. The third-order valence-corrected chi connectivity index (χ3v) is 3.49. The minimum absolute atomic E-state index is 0.498. The molecule has 0 radical (unpaired) electrons. The third-order valence-electron chi connectivity index (χ3n) is 3.49. The molecule has 18 heavy (non-hydrogen) atoms. The summed E-state index contributed by atoms with van der Waals surface area (Å²) in [5.74, 6) is 0.807. The van der Waals surface area contributed by atoms with E-state index in [1.54, 1.807) is 7.05 Å². The summed E-state index contributed by atoms with van der Waals surface area (Å²) in [6.07, 6.45) is 3.92. The van der Waals surface area contributed by atoms with E-state index in [0.717, 1.165) is 25.5 Å². The third kappa shape index (κ3) is 3.74. The monoisotopic (exact) mass is 252 g/mol. The fourth-order valence-corrected chi connectivity index (χ4v) is 2.39. The van der Waals surface area contributed by atoms with Gasteiger partial charge in [-0.25, -0.2) is 0 Å². The number of nitrogens with one attached hydrogen (secondary N) is 1. The van der Waals surface area contributed by atoms with Gasteiger partial charge in [-0.1, -0.05) is 6.42 Å². The van der Waals surface area contributed by atoms with Crippen LogP contribution in [0.5, 0.6) is 0 Å². The minimum atomic E-state index is 0.498. The SMILES string of the molecule is CC(C)N(Cc1nnn(C)n1)CC1CCCCN1. The van der Waals surface area contributed by atoms with Crippen molar-refractivity contribution in [1.29, 1.82) is 0 Å². The molecule has 1 fully saturated rings. The number of hydrogen-bond donors (Lipinski definition) is 1. The molecule has 0 spiro atoms. The predicted octanol–water partition coefficient (Wildman–Crippen LogP) is 0.563. The predicted molar refractivity (Wildman–Crippen MR) is 70.0 cm³/mol. The molecular formula is C12H24N6. The van der Waals surface area contributed by atoms with Crippen LogP contribution in [0.4, 0.5) is 0 Å². The largest absolute Gasteiger partial charge is 0.313 e. The van der Waals surface area contributed by atoms with E-state index in [9.17, 15) is 0 Å². The molecule has 1 unspecified atom stereocenters. The van der Waals surface area contributed by atoms with Crippen molar-refractivity contribution < 1.29 is 0 Å². The Bertz CT molecular complexity index is 355. The molecule has 1 atom stereocenters. The lowest BCUT2D eigenvalue weighted by Crippen LogP contribution is -2.45. The van der Waals surface area contributed by atoms with Crippen molar-refractivity contribution in [2.45, 2.75) is 51.7 Å². The lowest BCUT2D eigenvalue weighted by molar-refractivity contribution is 0.173. The Hall–Kier alpha value is -1.01. The van der Waals surface area contributed by atoms with Gasteiger partial charge in [0.1, 0.15) is 0 Å². The zero-order valence-corrected chi connectivity index (χ0v) is 11.6. The number of piperidine rings is 1. The van der Waals surface area contributed by atoms with Crippen LogP contribution in [0.1, 0.15) is 38.9 Å². The number of tetrazole rings is 1. The van der Waals surface area contributed by atoms with E-state index in [1.807, 2.05) is 0 Å². The van der Waals surface area contributed by atoms with Crippen molar-refractivity contribution in [2.75, 3.05) is 13.1 Å². The van der Waals surface area contributed by atoms with E-state index in [-0.39, 0.29) is 0 Å². The summed E-state index contributed by atoms with van der Waals surface area (Å²) in [6, 6.07) is 1.11. The maximum atomic E-state index is 4.26. The van der Waals surface area contributed by atoms with Gasteiger partial charge in [-0.2, -0.15) is 4.80 Å². The van der Waals surface area contributed by atoms with Crippen molar-refractivity contribution in [3.05, 3.63) is 5.82 Å². The molecule has 102 valence electrons. The standard InChI is InChI=1S/C12H24N6/c1-10(2)18(8-11-6-4-5-7-13-11)9-12-14-16-17(3)15-12/h10-11,13H,4-9H2,1-3H3. The lowest BCUT2D eigenvalue weighted by Gasteiger charge is -2.32. The van der Waals surface area contributed by atoms with E-state index >= 15 is 0 Å². The van der Waals surface area contributed by atoms with E-state index in [2.05, 4.69) is 39.5 Å². The zero-order chi connectivity index (χ0) is 13.0. The van der Waals surface area contributed by atoms with Crippen molar-refractivity contribution in [3.8, 4) is 0 Å². The molecule has 1 aliphatic rings. The molecule has 1 aromatic rings. The van der Waals surface area contributed by atoms with Crippen LogP contribution in [0.3, 0.4) is 0 Å². The molecule has 0 aliphatic carbocycles. The van der Waals surface area contributed by atoms with Gasteiger partial charge in [-0.05, 0) is 38.4 Å². The average Bonchev–Trinajstić information content (AvgIpc) is 2.75. The summed E-state index contributed by atoms with van der Waals surface area (Å²) in [5.41, 5.74) is 0. The van der Waals surface area contributed by atoms with Crippen molar-refractivity contribution >= 4 is 0 Å². The van der Waals surface area contributed by atoms with Gasteiger partial charge in [0.05, 0.1) is 13.6 Å². The second-order valence-electron chi connectivity index (χ2n) is 5.37. The maximum Gasteiger partial charge on any atom is 0.188 e. The van der Waals surface area contributed by atoms with E-state index in [4.69, 9.17) is 0 Å². The van der Waals surface area contributed by atoms with E-state index in [0.29, 0.717) is 12.1 Å². The van der Waals surface area contributed by atoms with E-state index < -0.39 is 0 Å². The van der Waals surface area contributed by atoms with E-state index in [1.165, 1.54) is 24.1 Å². The topological polar surface area (TPSA) is 58.9 Å². The Balaban J connectivity index is 1.90. The highest BCUT2D eigenvalue weighted by atomic mass is 15.6. The molecule has 6 nitrogen and oxygen atoms in total. The van der Waals surface area contributed by atoms with Gasteiger partial charge < -0.3 is 5.32 Å². The Morgan fingerprint density at radius 2 is 2.28 bits per heavy atom. The van der Waals surface area contributed by atoms with Crippen LogP contribution < -0.4 is 5.32 Å². The Morgan fingerprint density at radius 3 is 2.83 bits per heavy atom. The lowest BCUT2D eigenvalue weighted by atomic mass is 10.0. The Labute approximate surface area is 109 Å². The van der Waals surface area contributed by atoms with Crippen LogP contribution in [0.25, 0.3) is 0 Å². The van der Waals surface area contributed by atoms with Crippen LogP contribution in [-0.2, 0) is 13.6 Å². The van der Waals surface area contributed by atoms with Crippen LogP contribution in [-0.4, -0.2) is 50.3 Å². The van der Waals surface area contributed by atoms with Crippen molar-refractivity contribution in [3.63, 3.8) is 0 Å². The first kappa shape index (κ1) is 13.4. The van der Waals surface area contributed by atoms with Gasteiger partial charge in [0, 0.05) is 18.6 Å². The van der Waals surface area contributed by atoms with Crippen molar-refractivity contribution in [2.24, 2.45) is 7.05 Å². The fourth-order valence-electron chi connectivity index (χ4n) is 2.39. The Kier molecular flexibility index (Phi) is 4.66. The zero-order valence-electron chi connectivity index (χ0n) is 11.6. The summed E-state index contributed by atoms with van der Waals surface area (Å²) in [7, 11) is 1.80. The molecule has 1 saturated heterocycles. The van der Waals surface area contributed by atoms with Gasteiger partial charge in [0.25, 0.3) is 0 Å². The second kappa shape index (κ2) is 6.24. The van der Waals surface area contributed by atoms with Crippen molar-refractivity contribution in [1.82, 2.24) is 30.4 Å². The number of hydrogen-bond acceptors (Lipinski definition) is 5. The van der Waals surface area contributed by atoms with Gasteiger partial charge in [-0.15, -0.1) is 10.2 Å². The number of aromatic nitrogens is 4. The quantitative estimate of drug-likeness (QED) is 0.830. The van der Waals surface area contributed by atoms with Crippen LogP contribution in [0.15, 0.2) is 0 Å². The number of aryl methyl sites for hydroxylation is 1. The summed E-state index contributed by atoms with van der Waals surface area (Å²) in [4.78, 5) is 3.94. The molecule has 1 aliphatic heterocycles. The highest BCUT2D eigenvalue weighted by Crippen LogP contribution is 2.11. The molecule has 2 heterocycles. The smallest absolute Gasteiger partial charge is 0.188 e. The molecule has 0 amide bonds. The summed E-state index contributed by atoms with van der Waals surface area (Å²) in [5, 5.41) is 15.8. The van der Waals surface area contributed by atoms with Gasteiger partial charge >= 0.3 is 0 Å². The first-order valence-corrected chi connectivity index (χ1v) is 6.85. The molecule has 1 aromatic heterocycles. The fraction of sp³-hybridized carbons (Fsp3) is 0.917. The van der Waals surface area contributed by atoms with Crippen LogP contribution in [0.2, 0.25) is 0 Å². The molecule has 0 aromatic carbocycles. The molecular weight excluding hydrogens is 228 g/mol. The number of nitrogens with zero attached hydrogens (tertiary/aromatic N) is 5. The molecule has 0 bridgehead atoms. The highest BCUT2D eigenvalue weighted by molar-refractivity contribution is 4.83. The average molecular weight is 252 g/mol. The molecule has 6 heteroatoms. The summed E-state index contributed by atoms with van der Waals surface area (Å²) in [6.45, 7) is 7.44. The van der Waals surface area contributed by atoms with Gasteiger partial charge in [0.15, 0.2) is 5.82 Å². The van der Waals surface area contributed by atoms with Crippen LogP contribution in [0, 0.1) is 0 Å². The van der Waals surface area contributed by atoms with Crippen LogP contribution >= 0.6 is 0 Å².